The van der Waals surface area contributed by atoms with E-state index in [0.717, 1.165) is 57.3 Å². The SMILES string of the molecule is C=C1CCC2[C@](C)(CCC[C@]2(C)C(=O)OC)[C@H]1CCc1ccoc1C[n+]1ccccc1. The van der Waals surface area contributed by atoms with Gasteiger partial charge in [0.05, 0.1) is 18.8 Å². The molecule has 1 unspecified atom stereocenters. The molecular formula is C27H36NO3+. The first-order chi connectivity index (χ1) is 14.9. The van der Waals surface area contributed by atoms with Crippen LogP contribution in [0.1, 0.15) is 63.7 Å². The minimum absolute atomic E-state index is 0.0355. The van der Waals surface area contributed by atoms with Crippen LogP contribution in [0.3, 0.4) is 0 Å². The molecule has 2 aliphatic rings. The summed E-state index contributed by atoms with van der Waals surface area (Å²) in [6.07, 6.45) is 13.2. The Morgan fingerprint density at radius 1 is 1.26 bits per heavy atom. The van der Waals surface area contributed by atoms with Gasteiger partial charge in [-0.2, -0.15) is 4.57 Å². The molecule has 0 radical (unpaired) electrons. The van der Waals surface area contributed by atoms with Crippen molar-refractivity contribution in [3.05, 3.63) is 66.4 Å². The van der Waals surface area contributed by atoms with E-state index in [2.05, 4.69) is 43.5 Å². The summed E-state index contributed by atoms with van der Waals surface area (Å²) < 4.78 is 13.2. The zero-order chi connectivity index (χ0) is 22.1. The smallest absolute Gasteiger partial charge is 0.311 e. The van der Waals surface area contributed by atoms with Crippen molar-refractivity contribution in [3.63, 3.8) is 0 Å². The highest BCUT2D eigenvalue weighted by Gasteiger charge is 2.57. The summed E-state index contributed by atoms with van der Waals surface area (Å²) in [5.41, 5.74) is 2.34. The Hall–Kier alpha value is -2.36. The van der Waals surface area contributed by atoms with Gasteiger partial charge in [-0.3, -0.25) is 4.79 Å². The van der Waals surface area contributed by atoms with Crippen LogP contribution in [0.5, 0.6) is 0 Å². The molecule has 2 saturated carbocycles. The maximum Gasteiger partial charge on any atom is 0.311 e. The minimum Gasteiger partial charge on any atom is -0.469 e. The molecule has 2 aromatic rings. The number of fused-ring (bicyclic) bond motifs is 1. The van der Waals surface area contributed by atoms with Gasteiger partial charge in [-0.25, -0.2) is 0 Å². The van der Waals surface area contributed by atoms with Gasteiger partial charge >= 0.3 is 5.97 Å². The molecule has 4 heteroatoms. The number of aromatic nitrogens is 1. The van der Waals surface area contributed by atoms with Crippen LogP contribution in [-0.4, -0.2) is 13.1 Å². The first-order valence-corrected chi connectivity index (χ1v) is 11.6. The Morgan fingerprint density at radius 2 is 2.03 bits per heavy atom. The van der Waals surface area contributed by atoms with Crippen molar-refractivity contribution in [1.29, 1.82) is 0 Å². The molecule has 0 saturated heterocycles. The van der Waals surface area contributed by atoms with Gasteiger partial charge in [-0.1, -0.05) is 31.6 Å². The molecule has 0 amide bonds. The van der Waals surface area contributed by atoms with Crippen molar-refractivity contribution >= 4 is 5.97 Å². The summed E-state index contributed by atoms with van der Waals surface area (Å²) in [5, 5.41) is 0. The molecule has 0 bridgehead atoms. The van der Waals surface area contributed by atoms with Gasteiger partial charge in [0.25, 0.3) is 0 Å². The van der Waals surface area contributed by atoms with Crippen LogP contribution in [0.25, 0.3) is 0 Å². The summed E-state index contributed by atoms with van der Waals surface area (Å²) in [4.78, 5) is 12.8. The number of furan rings is 1. The lowest BCUT2D eigenvalue weighted by Crippen LogP contribution is -2.53. The van der Waals surface area contributed by atoms with Gasteiger partial charge in [-0.15, -0.1) is 0 Å². The van der Waals surface area contributed by atoms with Crippen LogP contribution in [0.4, 0.5) is 0 Å². The molecule has 0 aromatic carbocycles. The van der Waals surface area contributed by atoms with Crippen molar-refractivity contribution in [2.75, 3.05) is 7.11 Å². The van der Waals surface area contributed by atoms with E-state index in [1.165, 1.54) is 18.2 Å². The summed E-state index contributed by atoms with van der Waals surface area (Å²) in [6, 6.07) is 8.22. The van der Waals surface area contributed by atoms with Crippen LogP contribution in [0.15, 0.2) is 59.5 Å². The fourth-order valence-corrected chi connectivity index (χ4v) is 6.69. The number of carbonyl (C=O) groups excluding carboxylic acids is 1. The monoisotopic (exact) mass is 422 g/mol. The van der Waals surface area contributed by atoms with Crippen LogP contribution < -0.4 is 4.57 Å². The van der Waals surface area contributed by atoms with Gasteiger partial charge in [0.15, 0.2) is 18.2 Å². The number of nitrogens with zero attached hydrogens (tertiary/aromatic N) is 1. The van der Waals surface area contributed by atoms with Crippen molar-refractivity contribution in [1.82, 2.24) is 0 Å². The minimum atomic E-state index is -0.383. The van der Waals surface area contributed by atoms with Gasteiger partial charge < -0.3 is 9.15 Å². The molecule has 0 spiro atoms. The van der Waals surface area contributed by atoms with E-state index in [1.807, 2.05) is 24.5 Å². The molecule has 0 aliphatic heterocycles. The molecule has 2 aromatic heterocycles. The number of pyridine rings is 1. The van der Waals surface area contributed by atoms with E-state index in [4.69, 9.17) is 9.15 Å². The second kappa shape index (κ2) is 8.64. The van der Waals surface area contributed by atoms with Crippen LogP contribution in [-0.2, 0) is 22.5 Å². The Labute approximate surface area is 186 Å². The highest BCUT2D eigenvalue weighted by molar-refractivity contribution is 5.77. The average Bonchev–Trinajstić information content (AvgIpc) is 3.20. The van der Waals surface area contributed by atoms with E-state index in [9.17, 15) is 4.79 Å². The standard InChI is InChI=1S/C27H36NO3/c1-20-9-12-24-26(2,14-8-15-27(24,3)25(29)30-4)22(20)11-10-21-13-18-31-23(21)19-28-16-6-5-7-17-28/h5-7,13,16-18,22,24H,1,8-12,14-15,19H2,2-4H3/q+1/t22-,24?,26+,27-/m0/s1. The Balaban J connectivity index is 1.53. The lowest BCUT2D eigenvalue weighted by Gasteiger charge is -2.57. The van der Waals surface area contributed by atoms with Crippen molar-refractivity contribution in [2.45, 2.75) is 65.3 Å². The fraction of sp³-hybridized carbons (Fsp3) is 0.556. The van der Waals surface area contributed by atoms with Crippen molar-refractivity contribution in [3.8, 4) is 0 Å². The van der Waals surface area contributed by atoms with Crippen molar-refractivity contribution in [2.24, 2.45) is 22.7 Å². The zero-order valence-corrected chi connectivity index (χ0v) is 19.2. The Kier molecular flexibility index (Phi) is 6.09. The summed E-state index contributed by atoms with van der Waals surface area (Å²) >= 11 is 0. The van der Waals surface area contributed by atoms with Gasteiger partial charge in [-0.05, 0) is 68.8 Å². The molecule has 2 heterocycles. The summed E-state index contributed by atoms with van der Waals surface area (Å²) in [7, 11) is 1.53. The third-order valence-electron chi connectivity index (χ3n) is 8.31. The molecule has 4 rings (SSSR count). The number of rotatable bonds is 6. The Morgan fingerprint density at radius 3 is 2.77 bits per heavy atom. The molecule has 166 valence electrons. The molecule has 2 aliphatic carbocycles. The highest BCUT2D eigenvalue weighted by Crippen LogP contribution is 2.62. The van der Waals surface area contributed by atoms with Crippen LogP contribution in [0, 0.1) is 22.7 Å². The largest absolute Gasteiger partial charge is 0.469 e. The van der Waals surface area contributed by atoms with E-state index in [-0.39, 0.29) is 16.8 Å². The molecule has 4 atom stereocenters. The van der Waals surface area contributed by atoms with Crippen LogP contribution >= 0.6 is 0 Å². The summed E-state index contributed by atoms with van der Waals surface area (Å²) in [6.45, 7) is 9.78. The molecule has 4 nitrogen and oxygen atoms in total. The number of ether oxygens (including phenoxy) is 1. The maximum absolute atomic E-state index is 12.8. The predicted molar refractivity (Wildman–Crippen MR) is 120 cm³/mol. The number of allylic oxidation sites excluding steroid dienone is 1. The number of esters is 1. The lowest BCUT2D eigenvalue weighted by atomic mass is 9.46. The fourth-order valence-electron chi connectivity index (χ4n) is 6.69. The van der Waals surface area contributed by atoms with Crippen molar-refractivity contribution < 1.29 is 18.5 Å². The molecule has 0 N–H and O–H groups in total. The molecular weight excluding hydrogens is 386 g/mol. The second-order valence-corrected chi connectivity index (χ2v) is 10.0. The first-order valence-electron chi connectivity index (χ1n) is 11.6. The quantitative estimate of drug-likeness (QED) is 0.351. The highest BCUT2D eigenvalue weighted by atomic mass is 16.5. The second-order valence-electron chi connectivity index (χ2n) is 10.0. The third-order valence-corrected chi connectivity index (χ3v) is 8.31. The van der Waals surface area contributed by atoms with E-state index in [0.29, 0.717) is 11.8 Å². The normalized spacial score (nSPS) is 30.6. The maximum atomic E-state index is 12.8. The van der Waals surface area contributed by atoms with E-state index in [1.54, 1.807) is 0 Å². The number of hydrogen-bond acceptors (Lipinski definition) is 3. The predicted octanol–water partition coefficient (Wildman–Crippen LogP) is 5.50. The number of methoxy groups -OCH3 is 1. The number of carbonyl (C=O) groups is 1. The molecule has 31 heavy (non-hydrogen) atoms. The van der Waals surface area contributed by atoms with E-state index < -0.39 is 0 Å². The van der Waals surface area contributed by atoms with Gasteiger partial charge in [0.1, 0.15) is 0 Å². The van der Waals surface area contributed by atoms with Crippen LogP contribution in [0.2, 0.25) is 0 Å². The number of hydrogen-bond donors (Lipinski definition) is 0. The molecule has 2 fully saturated rings. The van der Waals surface area contributed by atoms with E-state index >= 15 is 0 Å². The lowest BCUT2D eigenvalue weighted by molar-refractivity contribution is -0.690. The summed E-state index contributed by atoms with van der Waals surface area (Å²) in [5.74, 6) is 1.76. The topological polar surface area (TPSA) is 43.3 Å². The van der Waals surface area contributed by atoms with Gasteiger partial charge in [0, 0.05) is 17.7 Å². The third kappa shape index (κ3) is 3.97. The average molecular weight is 423 g/mol. The van der Waals surface area contributed by atoms with Gasteiger partial charge in [0.2, 0.25) is 6.54 Å². The Bertz CT molecular complexity index is 933. The number of aryl methyl sites for hydroxylation is 1. The zero-order valence-electron chi connectivity index (χ0n) is 19.2. The first kappa shape index (κ1) is 21.9.